The Hall–Kier alpha value is -2.73. The van der Waals surface area contributed by atoms with Gasteiger partial charge in [-0.25, -0.2) is 9.18 Å². The summed E-state index contributed by atoms with van der Waals surface area (Å²) in [5.74, 6) is -0.778. The fourth-order valence-corrected chi connectivity index (χ4v) is 3.87. The molecule has 2 aliphatic rings. The molecule has 0 radical (unpaired) electrons. The van der Waals surface area contributed by atoms with Crippen LogP contribution in [-0.2, 0) is 22.5 Å². The third-order valence-corrected chi connectivity index (χ3v) is 5.39. The number of rotatable bonds is 3. The Morgan fingerprint density at radius 3 is 2.64 bits per heavy atom. The van der Waals surface area contributed by atoms with Crippen LogP contribution in [0.3, 0.4) is 0 Å². The molecule has 0 aliphatic carbocycles. The van der Waals surface area contributed by atoms with E-state index in [0.29, 0.717) is 25.1 Å². The molecule has 2 aromatic rings. The van der Waals surface area contributed by atoms with Crippen LogP contribution in [0.2, 0.25) is 0 Å². The summed E-state index contributed by atoms with van der Waals surface area (Å²) >= 11 is 0. The molecule has 1 fully saturated rings. The zero-order valence-electron chi connectivity index (χ0n) is 15.6. The summed E-state index contributed by atoms with van der Waals surface area (Å²) in [6, 6.07) is 13.8. The van der Waals surface area contributed by atoms with Crippen LogP contribution in [0, 0.1) is 5.82 Å². The van der Waals surface area contributed by atoms with Gasteiger partial charge in [-0.2, -0.15) is 0 Å². The van der Waals surface area contributed by atoms with Crippen LogP contribution in [0.15, 0.2) is 48.5 Å². The van der Waals surface area contributed by atoms with Gasteiger partial charge in [0.05, 0.1) is 5.56 Å². The normalized spacial score (nSPS) is 20.2. The lowest BCUT2D eigenvalue weighted by Crippen LogP contribution is -2.45. The van der Waals surface area contributed by atoms with Crippen molar-refractivity contribution in [3.05, 3.63) is 71.0 Å². The molecule has 146 valence electrons. The quantitative estimate of drug-likeness (QED) is 0.766. The van der Waals surface area contributed by atoms with Gasteiger partial charge in [-0.1, -0.05) is 30.3 Å². The largest absolute Gasteiger partial charge is 0.448 e. The molecule has 2 aromatic carbocycles. The van der Waals surface area contributed by atoms with Crippen LogP contribution in [0.5, 0.6) is 0 Å². The van der Waals surface area contributed by atoms with Gasteiger partial charge in [-0.05, 0) is 35.7 Å². The molecule has 0 bridgehead atoms. The van der Waals surface area contributed by atoms with E-state index < -0.39 is 12.1 Å². The number of cyclic esters (lactones) is 1. The summed E-state index contributed by atoms with van der Waals surface area (Å²) in [6.07, 6.45) is 0.534. The molecular weight excluding hydrogens is 359 g/mol. The van der Waals surface area contributed by atoms with E-state index in [1.165, 1.54) is 12.1 Å². The number of fused-ring (bicyclic) bond motifs is 1. The van der Waals surface area contributed by atoms with Gasteiger partial charge < -0.3 is 9.64 Å². The fraction of sp³-hybridized carbons (Fsp3) is 0.364. The summed E-state index contributed by atoms with van der Waals surface area (Å²) in [7, 11) is 0. The lowest BCUT2D eigenvalue weighted by atomic mass is 9.98. The van der Waals surface area contributed by atoms with Crippen LogP contribution in [0.4, 0.5) is 4.39 Å². The van der Waals surface area contributed by atoms with Gasteiger partial charge in [0.25, 0.3) is 5.91 Å². The van der Waals surface area contributed by atoms with E-state index in [1.54, 1.807) is 29.2 Å². The van der Waals surface area contributed by atoms with Crippen molar-refractivity contribution in [3.63, 3.8) is 0 Å². The monoisotopic (exact) mass is 382 g/mol. The van der Waals surface area contributed by atoms with Gasteiger partial charge in [0.1, 0.15) is 5.82 Å². The molecule has 6 heteroatoms. The van der Waals surface area contributed by atoms with Crippen molar-refractivity contribution in [2.45, 2.75) is 25.5 Å². The Morgan fingerprint density at radius 1 is 1.04 bits per heavy atom. The molecule has 4 rings (SSSR count). The minimum atomic E-state index is -0.744. The summed E-state index contributed by atoms with van der Waals surface area (Å²) in [4.78, 5) is 29.2. The van der Waals surface area contributed by atoms with Crippen LogP contribution in [-0.4, -0.2) is 54.0 Å². The molecule has 1 saturated heterocycles. The topological polar surface area (TPSA) is 49.9 Å². The Balaban J connectivity index is 1.37. The average molecular weight is 382 g/mol. The number of benzene rings is 2. The first-order chi connectivity index (χ1) is 13.6. The summed E-state index contributed by atoms with van der Waals surface area (Å²) in [6.45, 7) is 3.58. The first-order valence-corrected chi connectivity index (χ1v) is 9.64. The Morgan fingerprint density at radius 2 is 1.82 bits per heavy atom. The molecule has 2 aliphatic heterocycles. The van der Waals surface area contributed by atoms with Gasteiger partial charge >= 0.3 is 5.97 Å². The lowest BCUT2D eigenvalue weighted by molar-refractivity contribution is -0.141. The van der Waals surface area contributed by atoms with E-state index >= 15 is 0 Å². The highest BCUT2D eigenvalue weighted by atomic mass is 19.1. The van der Waals surface area contributed by atoms with Gasteiger partial charge in [0.2, 0.25) is 0 Å². The van der Waals surface area contributed by atoms with Crippen molar-refractivity contribution >= 4 is 11.9 Å². The molecule has 0 saturated carbocycles. The van der Waals surface area contributed by atoms with Gasteiger partial charge in [-0.15, -0.1) is 0 Å². The predicted molar refractivity (Wildman–Crippen MR) is 102 cm³/mol. The average Bonchev–Trinajstić information content (AvgIpc) is 2.95. The standard InChI is InChI=1S/C22H23FN2O3/c23-18-8-6-16(7-9-18)15-24-10-3-11-25(13-12-24)21(26)20-14-17-4-1-2-5-19(17)22(27)28-20/h1-2,4-9,20H,3,10-15H2. The van der Waals surface area contributed by atoms with Gasteiger partial charge in [0.15, 0.2) is 6.10 Å². The number of hydrogen-bond donors (Lipinski definition) is 0. The van der Waals surface area contributed by atoms with Crippen LogP contribution in [0.1, 0.15) is 27.9 Å². The van der Waals surface area contributed by atoms with E-state index in [9.17, 15) is 14.0 Å². The molecule has 1 atom stereocenters. The molecule has 0 N–H and O–H groups in total. The minimum Gasteiger partial charge on any atom is -0.448 e. The Bertz CT molecular complexity index is 868. The zero-order valence-corrected chi connectivity index (χ0v) is 15.6. The summed E-state index contributed by atoms with van der Waals surface area (Å²) < 4.78 is 18.5. The highest BCUT2D eigenvalue weighted by molar-refractivity contribution is 5.95. The molecule has 1 unspecified atom stereocenters. The third kappa shape index (κ3) is 4.07. The second-order valence-corrected chi connectivity index (χ2v) is 7.34. The summed E-state index contributed by atoms with van der Waals surface area (Å²) in [5, 5.41) is 0. The maximum Gasteiger partial charge on any atom is 0.339 e. The van der Waals surface area contributed by atoms with E-state index in [1.807, 2.05) is 12.1 Å². The van der Waals surface area contributed by atoms with Crippen LogP contribution in [0.25, 0.3) is 0 Å². The van der Waals surface area contributed by atoms with E-state index in [0.717, 1.165) is 37.2 Å². The number of ether oxygens (including phenoxy) is 1. The third-order valence-electron chi connectivity index (χ3n) is 5.39. The molecule has 1 amide bonds. The minimum absolute atomic E-state index is 0.119. The maximum atomic E-state index is 13.1. The fourth-order valence-electron chi connectivity index (χ4n) is 3.87. The van der Waals surface area contributed by atoms with Crippen LogP contribution >= 0.6 is 0 Å². The van der Waals surface area contributed by atoms with Crippen LogP contribution < -0.4 is 0 Å². The molecular formula is C22H23FN2O3. The number of amides is 1. The molecule has 0 spiro atoms. The molecule has 5 nitrogen and oxygen atoms in total. The molecule has 28 heavy (non-hydrogen) atoms. The lowest BCUT2D eigenvalue weighted by Gasteiger charge is -2.29. The highest BCUT2D eigenvalue weighted by Gasteiger charge is 2.34. The number of carbonyl (C=O) groups excluding carboxylic acids is 2. The Labute approximate surface area is 163 Å². The SMILES string of the molecule is O=C1OC(C(=O)N2CCCN(Cc3ccc(F)cc3)CC2)Cc2ccccc21. The molecule has 0 aromatic heterocycles. The predicted octanol–water partition coefficient (Wildman–Crippen LogP) is 2.64. The number of nitrogens with zero attached hydrogens (tertiary/aromatic N) is 2. The van der Waals surface area contributed by atoms with E-state index in [4.69, 9.17) is 4.74 Å². The number of halogens is 1. The second kappa shape index (κ2) is 8.10. The van der Waals surface area contributed by atoms with Gasteiger partial charge in [0, 0.05) is 39.1 Å². The van der Waals surface area contributed by atoms with Crippen molar-refractivity contribution in [1.29, 1.82) is 0 Å². The van der Waals surface area contributed by atoms with Crippen molar-refractivity contribution in [3.8, 4) is 0 Å². The highest BCUT2D eigenvalue weighted by Crippen LogP contribution is 2.22. The van der Waals surface area contributed by atoms with Gasteiger partial charge in [-0.3, -0.25) is 9.69 Å². The molecule has 2 heterocycles. The first kappa shape index (κ1) is 18.6. The first-order valence-electron chi connectivity index (χ1n) is 9.64. The van der Waals surface area contributed by atoms with Crippen molar-refractivity contribution < 1.29 is 18.7 Å². The maximum absolute atomic E-state index is 13.1. The smallest absolute Gasteiger partial charge is 0.339 e. The van der Waals surface area contributed by atoms with Crippen molar-refractivity contribution in [1.82, 2.24) is 9.80 Å². The Kier molecular flexibility index (Phi) is 5.39. The van der Waals surface area contributed by atoms with E-state index in [2.05, 4.69) is 4.90 Å². The number of hydrogen-bond acceptors (Lipinski definition) is 4. The summed E-state index contributed by atoms with van der Waals surface area (Å²) in [5.41, 5.74) is 2.47. The van der Waals surface area contributed by atoms with E-state index in [-0.39, 0.29) is 11.7 Å². The van der Waals surface area contributed by atoms with Crippen molar-refractivity contribution in [2.75, 3.05) is 26.2 Å². The zero-order chi connectivity index (χ0) is 19.5. The number of carbonyl (C=O) groups is 2. The van der Waals surface area contributed by atoms with Crippen molar-refractivity contribution in [2.24, 2.45) is 0 Å². The number of esters is 1. The second-order valence-electron chi connectivity index (χ2n) is 7.34.